The maximum atomic E-state index is 12.2. The third kappa shape index (κ3) is 3.96. The summed E-state index contributed by atoms with van der Waals surface area (Å²) in [6.07, 6.45) is 8.82. The smallest absolute Gasteiger partial charge is 0.248 e. The first kappa shape index (κ1) is 16.8. The topological polar surface area (TPSA) is 46.9 Å². The summed E-state index contributed by atoms with van der Waals surface area (Å²) in [5, 5.41) is 3.96. The highest BCUT2D eigenvalue weighted by Crippen LogP contribution is 2.23. The van der Waals surface area contributed by atoms with Gasteiger partial charge in [-0.05, 0) is 29.8 Å². The van der Waals surface area contributed by atoms with Crippen LogP contribution in [0.25, 0.3) is 17.0 Å². The molecular formula is C23H19N3O. The van der Waals surface area contributed by atoms with Gasteiger partial charge in [-0.25, -0.2) is 0 Å². The first-order valence-electron chi connectivity index (χ1n) is 8.80. The maximum absolute atomic E-state index is 12.2. The number of rotatable bonds is 5. The molecule has 0 bridgehead atoms. The molecule has 1 N–H and O–H groups in total. The monoisotopic (exact) mass is 353 g/mol. The fraction of sp³-hybridized carbons (Fsp3) is 0.0435. The van der Waals surface area contributed by atoms with E-state index in [4.69, 9.17) is 0 Å². The summed E-state index contributed by atoms with van der Waals surface area (Å²) in [4.78, 5) is 16.1. The molecule has 132 valence electrons. The molecule has 4 heteroatoms. The molecular weight excluding hydrogens is 334 g/mol. The van der Waals surface area contributed by atoms with Crippen LogP contribution >= 0.6 is 0 Å². The summed E-state index contributed by atoms with van der Waals surface area (Å²) in [7, 11) is 0. The molecule has 4 rings (SSSR count). The SMILES string of the molecule is O=C(C=Cc1cn(Cc2ccccc2)c2ccccc12)Nc1ccncc1. The number of pyridine rings is 1. The Kier molecular flexibility index (Phi) is 4.79. The van der Waals surface area contributed by atoms with E-state index in [0.717, 1.165) is 28.7 Å². The predicted molar refractivity (Wildman–Crippen MR) is 109 cm³/mol. The molecule has 0 aliphatic rings. The Balaban J connectivity index is 1.59. The van der Waals surface area contributed by atoms with Gasteiger partial charge in [0.2, 0.25) is 5.91 Å². The summed E-state index contributed by atoms with van der Waals surface area (Å²) in [6.45, 7) is 0.790. The zero-order chi connectivity index (χ0) is 18.5. The van der Waals surface area contributed by atoms with Gasteiger partial charge in [0.15, 0.2) is 0 Å². The van der Waals surface area contributed by atoms with Crippen molar-refractivity contribution in [1.29, 1.82) is 0 Å². The highest BCUT2D eigenvalue weighted by atomic mass is 16.1. The molecule has 4 aromatic rings. The third-order valence-electron chi connectivity index (χ3n) is 4.38. The Hall–Kier alpha value is -3.66. The number of carbonyl (C=O) groups is 1. The molecule has 2 aromatic carbocycles. The zero-order valence-electron chi connectivity index (χ0n) is 14.7. The van der Waals surface area contributed by atoms with E-state index in [1.165, 1.54) is 5.56 Å². The van der Waals surface area contributed by atoms with Gasteiger partial charge in [-0.3, -0.25) is 9.78 Å². The van der Waals surface area contributed by atoms with E-state index in [9.17, 15) is 4.79 Å². The van der Waals surface area contributed by atoms with Crippen molar-refractivity contribution in [3.63, 3.8) is 0 Å². The quantitative estimate of drug-likeness (QED) is 0.527. The molecule has 27 heavy (non-hydrogen) atoms. The van der Waals surface area contributed by atoms with Crippen molar-refractivity contribution in [3.05, 3.63) is 103 Å². The Bertz CT molecular complexity index is 1080. The van der Waals surface area contributed by atoms with Gasteiger partial charge in [0.1, 0.15) is 0 Å². The largest absolute Gasteiger partial charge is 0.342 e. The Labute approximate surface area is 157 Å². The number of amides is 1. The molecule has 0 aliphatic carbocycles. The van der Waals surface area contributed by atoms with Crippen molar-refractivity contribution in [2.45, 2.75) is 6.54 Å². The van der Waals surface area contributed by atoms with Gasteiger partial charge in [-0.1, -0.05) is 48.5 Å². The maximum Gasteiger partial charge on any atom is 0.248 e. The van der Waals surface area contributed by atoms with E-state index >= 15 is 0 Å². The van der Waals surface area contributed by atoms with Crippen LogP contribution < -0.4 is 5.32 Å². The highest BCUT2D eigenvalue weighted by molar-refractivity contribution is 6.03. The second-order valence-electron chi connectivity index (χ2n) is 6.27. The fourth-order valence-corrected chi connectivity index (χ4v) is 3.10. The van der Waals surface area contributed by atoms with Crippen molar-refractivity contribution in [1.82, 2.24) is 9.55 Å². The van der Waals surface area contributed by atoms with Gasteiger partial charge in [-0.15, -0.1) is 0 Å². The van der Waals surface area contributed by atoms with E-state index in [-0.39, 0.29) is 5.91 Å². The first-order valence-corrected chi connectivity index (χ1v) is 8.80. The van der Waals surface area contributed by atoms with E-state index < -0.39 is 0 Å². The summed E-state index contributed by atoms with van der Waals surface area (Å²) >= 11 is 0. The van der Waals surface area contributed by atoms with Gasteiger partial charge in [0.25, 0.3) is 0 Å². The lowest BCUT2D eigenvalue weighted by molar-refractivity contribution is -0.111. The minimum atomic E-state index is -0.166. The minimum Gasteiger partial charge on any atom is -0.342 e. The number of carbonyl (C=O) groups excluding carboxylic acids is 1. The number of aromatic nitrogens is 2. The Morgan fingerprint density at radius 1 is 0.963 bits per heavy atom. The summed E-state index contributed by atoms with van der Waals surface area (Å²) in [5.41, 5.74) is 4.14. The van der Waals surface area contributed by atoms with E-state index in [2.05, 4.69) is 45.3 Å². The number of para-hydroxylation sites is 1. The standard InChI is InChI=1S/C23H19N3O/c27-23(25-20-12-14-24-15-13-20)11-10-19-17-26(16-18-6-2-1-3-7-18)22-9-5-4-8-21(19)22/h1-15,17H,16H2,(H,24,25,27). The van der Waals surface area contributed by atoms with Crippen LogP contribution in [0.3, 0.4) is 0 Å². The number of hydrogen-bond acceptors (Lipinski definition) is 2. The van der Waals surface area contributed by atoms with Crippen LogP contribution in [0.2, 0.25) is 0 Å². The Morgan fingerprint density at radius 3 is 2.52 bits per heavy atom. The summed E-state index contributed by atoms with van der Waals surface area (Å²) in [5.74, 6) is -0.166. The second kappa shape index (κ2) is 7.70. The Morgan fingerprint density at radius 2 is 1.70 bits per heavy atom. The van der Waals surface area contributed by atoms with Crippen LogP contribution in [0.4, 0.5) is 5.69 Å². The van der Waals surface area contributed by atoms with Crippen molar-refractivity contribution >= 4 is 28.6 Å². The van der Waals surface area contributed by atoms with Crippen molar-refractivity contribution < 1.29 is 4.79 Å². The van der Waals surface area contributed by atoms with Gasteiger partial charge in [0.05, 0.1) is 0 Å². The predicted octanol–water partition coefficient (Wildman–Crippen LogP) is 4.74. The van der Waals surface area contributed by atoms with E-state index in [0.29, 0.717) is 0 Å². The van der Waals surface area contributed by atoms with Crippen LogP contribution in [0, 0.1) is 0 Å². The van der Waals surface area contributed by atoms with Crippen LogP contribution in [-0.2, 0) is 11.3 Å². The average Bonchev–Trinajstić information content (AvgIpc) is 3.06. The normalized spacial score (nSPS) is 11.1. The molecule has 0 saturated heterocycles. The number of nitrogens with one attached hydrogen (secondary N) is 1. The van der Waals surface area contributed by atoms with Crippen LogP contribution in [0.1, 0.15) is 11.1 Å². The molecule has 2 heterocycles. The molecule has 0 unspecified atom stereocenters. The zero-order valence-corrected chi connectivity index (χ0v) is 14.7. The van der Waals surface area contributed by atoms with E-state index in [1.807, 2.05) is 36.4 Å². The van der Waals surface area contributed by atoms with Crippen LogP contribution in [-0.4, -0.2) is 15.5 Å². The first-order chi connectivity index (χ1) is 13.3. The molecule has 0 saturated carbocycles. The lowest BCUT2D eigenvalue weighted by Gasteiger charge is -2.05. The van der Waals surface area contributed by atoms with Gasteiger partial charge >= 0.3 is 0 Å². The number of benzene rings is 2. The fourth-order valence-electron chi connectivity index (χ4n) is 3.10. The van der Waals surface area contributed by atoms with E-state index in [1.54, 1.807) is 30.6 Å². The molecule has 0 atom stereocenters. The van der Waals surface area contributed by atoms with Gasteiger partial charge in [0, 0.05) is 53.4 Å². The van der Waals surface area contributed by atoms with Crippen molar-refractivity contribution in [2.24, 2.45) is 0 Å². The molecule has 1 amide bonds. The number of nitrogens with zero attached hydrogens (tertiary/aromatic N) is 2. The molecule has 0 aliphatic heterocycles. The number of hydrogen-bond donors (Lipinski definition) is 1. The summed E-state index contributed by atoms with van der Waals surface area (Å²) < 4.78 is 2.21. The third-order valence-corrected chi connectivity index (χ3v) is 4.38. The molecule has 4 nitrogen and oxygen atoms in total. The molecule has 0 spiro atoms. The van der Waals surface area contributed by atoms with Gasteiger partial charge in [-0.2, -0.15) is 0 Å². The molecule has 0 fully saturated rings. The van der Waals surface area contributed by atoms with Crippen LogP contribution in [0.5, 0.6) is 0 Å². The lowest BCUT2D eigenvalue weighted by Crippen LogP contribution is -2.07. The molecule has 0 radical (unpaired) electrons. The van der Waals surface area contributed by atoms with Crippen molar-refractivity contribution in [2.75, 3.05) is 5.32 Å². The number of anilines is 1. The van der Waals surface area contributed by atoms with Gasteiger partial charge < -0.3 is 9.88 Å². The number of fused-ring (bicyclic) bond motifs is 1. The average molecular weight is 353 g/mol. The summed E-state index contributed by atoms with van der Waals surface area (Å²) in [6, 6.07) is 22.1. The lowest BCUT2D eigenvalue weighted by atomic mass is 10.1. The minimum absolute atomic E-state index is 0.166. The van der Waals surface area contributed by atoms with Crippen LogP contribution in [0.15, 0.2) is 91.4 Å². The molecule has 2 aromatic heterocycles. The van der Waals surface area contributed by atoms with Crippen molar-refractivity contribution in [3.8, 4) is 0 Å². The highest BCUT2D eigenvalue weighted by Gasteiger charge is 2.07. The second-order valence-corrected chi connectivity index (χ2v) is 6.27.